The average molecular weight is 293 g/mol. The van der Waals surface area contributed by atoms with Crippen LogP contribution in [0, 0.1) is 18.7 Å². The lowest BCUT2D eigenvalue weighted by Crippen LogP contribution is -2.40. The minimum Gasteiger partial charge on any atom is -0.354 e. The van der Waals surface area contributed by atoms with Gasteiger partial charge in [0, 0.05) is 18.9 Å². The lowest BCUT2D eigenvalue weighted by Gasteiger charge is -2.28. The van der Waals surface area contributed by atoms with Crippen molar-refractivity contribution < 1.29 is 14.0 Å². The second-order valence-corrected chi connectivity index (χ2v) is 5.57. The van der Waals surface area contributed by atoms with Crippen LogP contribution < -0.4 is 10.6 Å². The van der Waals surface area contributed by atoms with E-state index < -0.39 is 5.82 Å². The molecule has 1 aliphatic carbocycles. The first-order valence-corrected chi connectivity index (χ1v) is 7.16. The molecule has 0 spiro atoms. The lowest BCUT2D eigenvalue weighted by atomic mass is 9.85. The van der Waals surface area contributed by atoms with Crippen LogP contribution in [0.1, 0.15) is 38.2 Å². The van der Waals surface area contributed by atoms with Gasteiger partial charge in [0.05, 0.1) is 6.20 Å². The minimum absolute atomic E-state index is 0.0508. The molecule has 5 nitrogen and oxygen atoms in total. The van der Waals surface area contributed by atoms with E-state index in [-0.39, 0.29) is 23.8 Å². The van der Waals surface area contributed by atoms with Gasteiger partial charge in [0.25, 0.3) is 0 Å². The number of nitrogens with one attached hydrogen (secondary N) is 2. The van der Waals surface area contributed by atoms with E-state index in [1.165, 1.54) is 13.0 Å². The lowest BCUT2D eigenvalue weighted by molar-refractivity contribution is -0.123. The maximum absolute atomic E-state index is 13.1. The quantitative estimate of drug-likeness (QED) is 0.897. The predicted octanol–water partition coefficient (Wildman–Crippen LogP) is 2.16. The van der Waals surface area contributed by atoms with E-state index in [1.807, 2.05) is 0 Å². The SMILES string of the molecule is CC(=O)NC1CCCC(C(=O)Nc2cc(C)c(F)cn2)C1. The molecule has 0 saturated heterocycles. The van der Waals surface area contributed by atoms with Crippen molar-refractivity contribution >= 4 is 17.6 Å². The fourth-order valence-electron chi connectivity index (χ4n) is 2.68. The van der Waals surface area contributed by atoms with Gasteiger partial charge in [-0.05, 0) is 37.8 Å². The molecule has 1 aliphatic rings. The van der Waals surface area contributed by atoms with E-state index >= 15 is 0 Å². The van der Waals surface area contributed by atoms with Gasteiger partial charge >= 0.3 is 0 Å². The van der Waals surface area contributed by atoms with Crippen LogP contribution in [0.4, 0.5) is 10.2 Å². The summed E-state index contributed by atoms with van der Waals surface area (Å²) in [4.78, 5) is 27.2. The summed E-state index contributed by atoms with van der Waals surface area (Å²) in [6.07, 6.45) is 4.33. The molecule has 0 bridgehead atoms. The zero-order chi connectivity index (χ0) is 15.4. The highest BCUT2D eigenvalue weighted by Crippen LogP contribution is 2.25. The maximum atomic E-state index is 13.1. The number of halogens is 1. The third-order valence-electron chi connectivity index (χ3n) is 3.75. The van der Waals surface area contributed by atoms with Gasteiger partial charge in [0.1, 0.15) is 11.6 Å². The minimum atomic E-state index is -0.392. The topological polar surface area (TPSA) is 71.1 Å². The number of pyridine rings is 1. The van der Waals surface area contributed by atoms with Crippen LogP contribution in [-0.4, -0.2) is 22.8 Å². The van der Waals surface area contributed by atoms with Crippen LogP contribution in [0.5, 0.6) is 0 Å². The number of anilines is 1. The Morgan fingerprint density at radius 1 is 1.38 bits per heavy atom. The first-order chi connectivity index (χ1) is 9.95. The Balaban J connectivity index is 1.96. The van der Waals surface area contributed by atoms with Crippen molar-refractivity contribution in [2.24, 2.45) is 5.92 Å². The molecule has 6 heteroatoms. The predicted molar refractivity (Wildman–Crippen MR) is 77.1 cm³/mol. The Morgan fingerprint density at radius 2 is 2.14 bits per heavy atom. The van der Waals surface area contributed by atoms with Crippen molar-refractivity contribution in [2.75, 3.05) is 5.32 Å². The normalized spacial score (nSPS) is 21.7. The second kappa shape index (κ2) is 6.65. The van der Waals surface area contributed by atoms with Gasteiger partial charge in [-0.2, -0.15) is 0 Å². The fraction of sp³-hybridized carbons (Fsp3) is 0.533. The highest BCUT2D eigenvalue weighted by Gasteiger charge is 2.27. The molecule has 114 valence electrons. The summed E-state index contributed by atoms with van der Waals surface area (Å²) in [6, 6.07) is 1.57. The summed E-state index contributed by atoms with van der Waals surface area (Å²) >= 11 is 0. The van der Waals surface area contributed by atoms with Crippen LogP contribution in [-0.2, 0) is 9.59 Å². The average Bonchev–Trinajstić information content (AvgIpc) is 2.42. The summed E-state index contributed by atoms with van der Waals surface area (Å²) in [5.41, 5.74) is 0.445. The number of aryl methyl sites for hydroxylation is 1. The molecule has 2 rings (SSSR count). The van der Waals surface area contributed by atoms with Crippen LogP contribution in [0.25, 0.3) is 0 Å². The highest BCUT2D eigenvalue weighted by atomic mass is 19.1. The number of hydrogen-bond acceptors (Lipinski definition) is 3. The van der Waals surface area contributed by atoms with Crippen LogP contribution in [0.3, 0.4) is 0 Å². The largest absolute Gasteiger partial charge is 0.354 e. The van der Waals surface area contributed by atoms with Crippen molar-refractivity contribution in [1.82, 2.24) is 10.3 Å². The number of carbonyl (C=O) groups excluding carboxylic acids is 2. The van der Waals surface area contributed by atoms with E-state index in [9.17, 15) is 14.0 Å². The maximum Gasteiger partial charge on any atom is 0.228 e. The van der Waals surface area contributed by atoms with E-state index in [0.717, 1.165) is 25.5 Å². The summed E-state index contributed by atoms with van der Waals surface area (Å²) in [6.45, 7) is 3.11. The monoisotopic (exact) mass is 293 g/mol. The number of rotatable bonds is 3. The van der Waals surface area contributed by atoms with Gasteiger partial charge in [-0.1, -0.05) is 6.42 Å². The molecule has 0 aromatic carbocycles. The number of hydrogen-bond donors (Lipinski definition) is 2. The summed E-state index contributed by atoms with van der Waals surface area (Å²) in [7, 11) is 0. The van der Waals surface area contributed by atoms with Crippen molar-refractivity contribution in [3.63, 3.8) is 0 Å². The molecule has 2 amide bonds. The van der Waals surface area contributed by atoms with Gasteiger partial charge in [0.15, 0.2) is 0 Å². The molecule has 1 saturated carbocycles. The molecular formula is C15H20FN3O2. The Labute approximate surface area is 123 Å². The molecule has 2 unspecified atom stereocenters. The molecular weight excluding hydrogens is 273 g/mol. The number of aromatic nitrogens is 1. The molecule has 21 heavy (non-hydrogen) atoms. The van der Waals surface area contributed by atoms with Gasteiger partial charge < -0.3 is 10.6 Å². The highest BCUT2D eigenvalue weighted by molar-refractivity contribution is 5.91. The standard InChI is InChI=1S/C15H20FN3O2/c1-9-6-14(17-8-13(9)16)19-15(21)11-4-3-5-12(7-11)18-10(2)20/h6,8,11-12H,3-5,7H2,1-2H3,(H,18,20)(H,17,19,21). The van der Waals surface area contributed by atoms with E-state index in [1.54, 1.807) is 6.92 Å². The Morgan fingerprint density at radius 3 is 2.81 bits per heavy atom. The first-order valence-electron chi connectivity index (χ1n) is 7.16. The third-order valence-corrected chi connectivity index (χ3v) is 3.75. The zero-order valence-corrected chi connectivity index (χ0v) is 12.3. The molecule has 2 atom stereocenters. The van der Waals surface area contributed by atoms with Crippen LogP contribution in [0.2, 0.25) is 0 Å². The van der Waals surface area contributed by atoms with E-state index in [0.29, 0.717) is 17.8 Å². The Bertz CT molecular complexity index is 548. The molecule has 1 aromatic heterocycles. The first kappa shape index (κ1) is 15.4. The van der Waals surface area contributed by atoms with E-state index in [4.69, 9.17) is 0 Å². The van der Waals surface area contributed by atoms with Crippen LogP contribution >= 0.6 is 0 Å². The number of amides is 2. The van der Waals surface area contributed by atoms with Crippen molar-refractivity contribution in [3.8, 4) is 0 Å². The van der Waals surface area contributed by atoms with Gasteiger partial charge in [-0.15, -0.1) is 0 Å². The zero-order valence-electron chi connectivity index (χ0n) is 12.3. The number of carbonyl (C=O) groups is 2. The molecule has 1 aromatic rings. The summed E-state index contributed by atoms with van der Waals surface area (Å²) in [5.74, 6) is -0.375. The third kappa shape index (κ3) is 4.24. The van der Waals surface area contributed by atoms with Crippen LogP contribution in [0.15, 0.2) is 12.3 Å². The van der Waals surface area contributed by atoms with Gasteiger partial charge in [0.2, 0.25) is 11.8 Å². The molecule has 0 aliphatic heterocycles. The molecule has 1 heterocycles. The van der Waals surface area contributed by atoms with Crippen molar-refractivity contribution in [2.45, 2.75) is 45.6 Å². The Kier molecular flexibility index (Phi) is 4.88. The molecule has 1 fully saturated rings. The summed E-state index contributed by atoms with van der Waals surface area (Å²) < 4.78 is 13.1. The fourth-order valence-corrected chi connectivity index (χ4v) is 2.68. The van der Waals surface area contributed by atoms with Gasteiger partial charge in [-0.25, -0.2) is 9.37 Å². The van der Waals surface area contributed by atoms with Crippen molar-refractivity contribution in [1.29, 1.82) is 0 Å². The second-order valence-electron chi connectivity index (χ2n) is 5.57. The Hall–Kier alpha value is -1.98. The van der Waals surface area contributed by atoms with Crippen molar-refractivity contribution in [3.05, 3.63) is 23.6 Å². The summed E-state index contributed by atoms with van der Waals surface area (Å²) in [5, 5.41) is 5.59. The van der Waals surface area contributed by atoms with E-state index in [2.05, 4.69) is 15.6 Å². The molecule has 0 radical (unpaired) electrons. The number of nitrogens with zero attached hydrogens (tertiary/aromatic N) is 1. The smallest absolute Gasteiger partial charge is 0.228 e. The van der Waals surface area contributed by atoms with Gasteiger partial charge in [-0.3, -0.25) is 9.59 Å². The molecule has 2 N–H and O–H groups in total.